The van der Waals surface area contributed by atoms with E-state index in [0.717, 1.165) is 37.8 Å². The maximum atomic E-state index is 13.5. The molecule has 0 aromatic heterocycles. The third kappa shape index (κ3) is 6.13. The molecule has 0 saturated heterocycles. The molecule has 0 heterocycles. The van der Waals surface area contributed by atoms with Crippen LogP contribution in [-0.4, -0.2) is 107 Å². The zero-order valence-electron chi connectivity index (χ0n) is 28.2. The van der Waals surface area contributed by atoms with E-state index in [1.165, 1.54) is 39.0 Å². The van der Waals surface area contributed by atoms with Gasteiger partial charge in [0.05, 0.1) is 29.8 Å². The van der Waals surface area contributed by atoms with Crippen LogP contribution in [0.15, 0.2) is 78.4 Å². The van der Waals surface area contributed by atoms with Crippen LogP contribution in [-0.2, 0) is 19.1 Å². The number of hydrogen-bond acceptors (Lipinski definition) is 12. The highest BCUT2D eigenvalue weighted by Crippen LogP contribution is 2.60. The van der Waals surface area contributed by atoms with Crippen LogP contribution in [0.5, 0.6) is 0 Å². The van der Waals surface area contributed by atoms with E-state index in [1.54, 1.807) is 24.3 Å². The number of ketones is 1. The van der Waals surface area contributed by atoms with E-state index >= 15 is 0 Å². The van der Waals surface area contributed by atoms with Crippen molar-refractivity contribution in [3.63, 3.8) is 0 Å². The molecule has 3 aliphatic rings. The number of Topliss-reactive ketones (excluding diaryl/α,β-unsaturated/α-hetero) is 1. The van der Waals surface area contributed by atoms with Gasteiger partial charge >= 0.3 is 11.9 Å². The largest absolute Gasteiger partial charge is 0.455 e. The molecule has 0 spiro atoms. The molecule has 1 aromatic carbocycles. The first-order chi connectivity index (χ1) is 23.0. The van der Waals surface area contributed by atoms with Crippen molar-refractivity contribution in [2.24, 2.45) is 17.8 Å². The number of esters is 2. The summed E-state index contributed by atoms with van der Waals surface area (Å²) in [6.07, 6.45) is 1.79. The first-order valence-electron chi connectivity index (χ1n) is 16.5. The van der Waals surface area contributed by atoms with E-state index in [0.29, 0.717) is 0 Å². The molecule has 2 saturated carbocycles. The predicted octanol–water partition coefficient (Wildman–Crippen LogP) is 1.46. The number of fused-ring (bicyclic) bond motifs is 3. The topological polar surface area (TPSA) is 211 Å². The predicted molar refractivity (Wildman–Crippen MR) is 177 cm³/mol. The summed E-state index contributed by atoms with van der Waals surface area (Å²) in [6, 6.07) is 7.69. The Bertz CT molecular complexity index is 1520. The van der Waals surface area contributed by atoms with Gasteiger partial charge in [-0.25, -0.2) is 9.59 Å². The van der Waals surface area contributed by atoms with Crippen molar-refractivity contribution in [2.75, 3.05) is 6.61 Å². The Morgan fingerprint density at radius 2 is 1.65 bits per heavy atom. The van der Waals surface area contributed by atoms with E-state index < -0.39 is 88.9 Å². The Hall–Kier alpha value is -3.49. The Morgan fingerprint density at radius 1 is 1.00 bits per heavy atom. The number of benzene rings is 1. The first-order valence-corrected chi connectivity index (χ1v) is 16.5. The molecule has 49 heavy (non-hydrogen) atoms. The molecule has 0 radical (unpaired) electrons. The van der Waals surface area contributed by atoms with Crippen molar-refractivity contribution in [1.82, 2.24) is 0 Å². The monoisotopic (exact) mass is 684 g/mol. The molecule has 11 atom stereocenters. The average Bonchev–Trinajstić information content (AvgIpc) is 3.30. The number of allylic oxidation sites excluding steroid dienone is 3. The van der Waals surface area contributed by atoms with E-state index in [2.05, 4.69) is 13.5 Å². The van der Waals surface area contributed by atoms with Crippen molar-refractivity contribution in [3.8, 4) is 0 Å². The van der Waals surface area contributed by atoms with Crippen LogP contribution in [0.25, 0.3) is 0 Å². The van der Waals surface area contributed by atoms with E-state index in [4.69, 9.17) is 9.47 Å². The molecule has 268 valence electrons. The number of carbonyl (C=O) groups excluding carboxylic acids is 3. The fourth-order valence-corrected chi connectivity index (χ4v) is 7.82. The number of ether oxygens (including phenoxy) is 2. The molecular formula is C37H48O12. The quantitative estimate of drug-likeness (QED) is 0.0581. The highest BCUT2D eigenvalue weighted by molar-refractivity contribution is 6.05. The SMILES string of the molecule is C=C(C)[C@@]1(O)[C@H](OC(=O)/C=C/C=C/CCCCC)[C@@H]2[C@H](O)[C@@](O)(CO)[C@@H](O)[C@]3(O)C(=O)C(C)=C[C@H]3[C@@]2(O)[C@H](C)[C@H]1OC(=O)c1ccccc1. The number of aliphatic hydroxyl groups excluding tert-OH is 3. The van der Waals surface area contributed by atoms with Crippen LogP contribution in [0.4, 0.5) is 0 Å². The molecule has 0 bridgehead atoms. The number of carbonyl (C=O) groups is 3. The Kier molecular flexibility index (Phi) is 11.3. The second-order valence-electron chi connectivity index (χ2n) is 13.6. The van der Waals surface area contributed by atoms with Gasteiger partial charge in [-0.2, -0.15) is 0 Å². The van der Waals surface area contributed by atoms with Crippen LogP contribution in [0.2, 0.25) is 0 Å². The standard InChI is InChI=1S/C37H48O12/c1-6-7-8-9-10-11-15-18-26(39)48-31-27-29(41)34(44,20-38)33(43)37(47)25(19-22(4)28(37)40)36(27,46)23(5)30(35(31,45)21(2)3)49-32(42)24-16-13-12-14-17-24/h10-19,23,25,27,29-31,33,38,41,43-47H,2,6-9,20H2,1,3-5H3/b11-10+,18-15+/t23-,25+,27+,29+,30-,31-,33-,34+,35+,36+,37-/m1/s1. The van der Waals surface area contributed by atoms with Gasteiger partial charge in [-0.15, -0.1) is 0 Å². The normalized spacial score (nSPS) is 38.9. The van der Waals surface area contributed by atoms with Crippen molar-refractivity contribution in [3.05, 3.63) is 84.0 Å². The summed E-state index contributed by atoms with van der Waals surface area (Å²) in [7, 11) is 0. The lowest BCUT2D eigenvalue weighted by Gasteiger charge is -2.60. The van der Waals surface area contributed by atoms with Gasteiger partial charge in [-0.1, -0.05) is 75.8 Å². The molecule has 2 fully saturated rings. The summed E-state index contributed by atoms with van der Waals surface area (Å²) >= 11 is 0. The average molecular weight is 685 g/mol. The molecule has 12 heteroatoms. The lowest BCUT2D eigenvalue weighted by molar-refractivity contribution is -0.295. The number of rotatable bonds is 11. The zero-order valence-corrected chi connectivity index (χ0v) is 28.2. The highest BCUT2D eigenvalue weighted by Gasteiger charge is 2.79. The summed E-state index contributed by atoms with van der Waals surface area (Å²) in [5, 5.41) is 82.9. The second kappa shape index (κ2) is 14.4. The minimum absolute atomic E-state index is 0.0596. The Labute approximate surface area is 285 Å². The van der Waals surface area contributed by atoms with Crippen molar-refractivity contribution in [2.45, 2.75) is 100 Å². The maximum Gasteiger partial charge on any atom is 0.338 e. The van der Waals surface area contributed by atoms with Gasteiger partial charge in [0.2, 0.25) is 0 Å². The van der Waals surface area contributed by atoms with Crippen molar-refractivity contribution in [1.29, 1.82) is 0 Å². The fraction of sp³-hybridized carbons (Fsp3) is 0.541. The minimum atomic E-state index is -3.11. The zero-order chi connectivity index (χ0) is 36.5. The van der Waals surface area contributed by atoms with E-state index in [1.807, 2.05) is 6.08 Å². The van der Waals surface area contributed by atoms with Gasteiger partial charge in [0.25, 0.3) is 0 Å². The molecule has 0 amide bonds. The summed E-state index contributed by atoms with van der Waals surface area (Å²) in [5.41, 5.74) is -11.6. The Morgan fingerprint density at radius 3 is 2.24 bits per heavy atom. The lowest BCUT2D eigenvalue weighted by atomic mass is 9.52. The van der Waals surface area contributed by atoms with E-state index in [-0.39, 0.29) is 16.7 Å². The maximum absolute atomic E-state index is 13.5. The van der Waals surface area contributed by atoms with Gasteiger partial charge in [-0.3, -0.25) is 4.79 Å². The number of hydrogen-bond donors (Lipinski definition) is 7. The molecule has 7 N–H and O–H groups in total. The molecule has 12 nitrogen and oxygen atoms in total. The lowest BCUT2D eigenvalue weighted by Crippen LogP contribution is -2.77. The van der Waals surface area contributed by atoms with Crippen LogP contribution in [0.3, 0.4) is 0 Å². The van der Waals surface area contributed by atoms with Gasteiger partial charge < -0.3 is 45.2 Å². The van der Waals surface area contributed by atoms with E-state index in [9.17, 15) is 50.1 Å². The van der Waals surface area contributed by atoms with Gasteiger partial charge in [0, 0.05) is 17.9 Å². The van der Waals surface area contributed by atoms with Crippen LogP contribution >= 0.6 is 0 Å². The summed E-state index contributed by atoms with van der Waals surface area (Å²) in [5.74, 6) is -8.56. The Balaban J connectivity index is 1.94. The van der Waals surface area contributed by atoms with Crippen LogP contribution in [0.1, 0.15) is 63.7 Å². The fourth-order valence-electron chi connectivity index (χ4n) is 7.82. The smallest absolute Gasteiger partial charge is 0.338 e. The van der Waals surface area contributed by atoms with Crippen LogP contribution in [0, 0.1) is 17.8 Å². The van der Waals surface area contributed by atoms with Crippen molar-refractivity contribution >= 4 is 17.7 Å². The first kappa shape index (κ1) is 38.3. The van der Waals surface area contributed by atoms with Crippen LogP contribution < -0.4 is 0 Å². The summed E-state index contributed by atoms with van der Waals surface area (Å²) in [4.78, 5) is 40.4. The van der Waals surface area contributed by atoms with Gasteiger partial charge in [0.1, 0.15) is 23.9 Å². The summed E-state index contributed by atoms with van der Waals surface area (Å²) in [6.45, 7) is 8.47. The second-order valence-corrected chi connectivity index (χ2v) is 13.6. The molecule has 1 aromatic rings. The molecule has 0 aliphatic heterocycles. The highest BCUT2D eigenvalue weighted by atomic mass is 16.6. The third-order valence-electron chi connectivity index (χ3n) is 10.6. The van der Waals surface area contributed by atoms with Crippen molar-refractivity contribution < 1.29 is 59.6 Å². The molecular weight excluding hydrogens is 636 g/mol. The van der Waals surface area contributed by atoms with Gasteiger partial charge in [-0.05, 0) is 50.0 Å². The van der Waals surface area contributed by atoms with Gasteiger partial charge in [0.15, 0.2) is 17.0 Å². The third-order valence-corrected chi connectivity index (χ3v) is 10.6. The molecule has 0 unspecified atom stereocenters. The molecule has 3 aliphatic carbocycles. The number of unbranched alkanes of at least 4 members (excludes halogenated alkanes) is 3. The molecule has 4 rings (SSSR count). The number of aliphatic hydroxyl groups is 7. The summed E-state index contributed by atoms with van der Waals surface area (Å²) < 4.78 is 11.7. The minimum Gasteiger partial charge on any atom is -0.455 e.